The Morgan fingerprint density at radius 1 is 1.20 bits per heavy atom. The van der Waals surface area contributed by atoms with E-state index in [-0.39, 0.29) is 12.3 Å². The SMILES string of the molecule is CCNC(=S)N(CCNC(=O)Cc1cncn1Cc1ccc(C#N)cc1)Cc1cccc(Cl)c1Cl. The van der Waals surface area contributed by atoms with E-state index in [9.17, 15) is 4.79 Å². The molecule has 10 heteroatoms. The highest BCUT2D eigenvalue weighted by Gasteiger charge is 2.14. The third-order valence-corrected chi connectivity index (χ3v) is 6.55. The molecule has 1 amide bonds. The third kappa shape index (κ3) is 7.69. The van der Waals surface area contributed by atoms with Crippen LogP contribution in [-0.4, -0.2) is 45.1 Å². The highest BCUT2D eigenvalue weighted by molar-refractivity contribution is 7.80. The predicted octanol–water partition coefficient (Wildman–Crippen LogP) is 4.17. The number of aromatic nitrogens is 2. The summed E-state index contributed by atoms with van der Waals surface area (Å²) in [5, 5.41) is 16.6. The van der Waals surface area contributed by atoms with Gasteiger partial charge in [-0.15, -0.1) is 0 Å². The molecule has 3 aromatic rings. The zero-order valence-electron chi connectivity index (χ0n) is 19.3. The van der Waals surface area contributed by atoms with Crippen LogP contribution < -0.4 is 10.6 Å². The maximum atomic E-state index is 12.6. The van der Waals surface area contributed by atoms with Gasteiger partial charge >= 0.3 is 0 Å². The average molecular weight is 529 g/mol. The van der Waals surface area contributed by atoms with Gasteiger partial charge in [0.1, 0.15) is 0 Å². The molecule has 0 atom stereocenters. The molecule has 2 aromatic carbocycles. The van der Waals surface area contributed by atoms with E-state index in [1.54, 1.807) is 30.7 Å². The Kier molecular flexibility index (Phi) is 9.91. The van der Waals surface area contributed by atoms with Gasteiger partial charge in [0.25, 0.3) is 0 Å². The lowest BCUT2D eigenvalue weighted by Gasteiger charge is -2.26. The molecule has 0 saturated carbocycles. The number of nitrogens with zero attached hydrogens (tertiary/aromatic N) is 4. The number of carbonyl (C=O) groups is 1. The largest absolute Gasteiger partial charge is 0.363 e. The molecule has 0 aliphatic rings. The zero-order valence-corrected chi connectivity index (χ0v) is 21.6. The van der Waals surface area contributed by atoms with E-state index in [1.165, 1.54) is 0 Å². The van der Waals surface area contributed by atoms with Crippen molar-refractivity contribution >= 4 is 46.4 Å². The van der Waals surface area contributed by atoms with Crippen LogP contribution in [0.2, 0.25) is 10.0 Å². The van der Waals surface area contributed by atoms with Crippen molar-refractivity contribution in [3.8, 4) is 6.07 Å². The van der Waals surface area contributed by atoms with Gasteiger partial charge in [0.2, 0.25) is 5.91 Å². The van der Waals surface area contributed by atoms with Gasteiger partial charge in [-0.2, -0.15) is 5.26 Å². The summed E-state index contributed by atoms with van der Waals surface area (Å²) in [5.41, 5.74) is 3.30. The number of rotatable bonds is 10. The molecule has 0 bridgehead atoms. The summed E-state index contributed by atoms with van der Waals surface area (Å²) in [6, 6.07) is 15.0. The van der Waals surface area contributed by atoms with Crippen LogP contribution >= 0.6 is 35.4 Å². The quantitative estimate of drug-likeness (QED) is 0.384. The summed E-state index contributed by atoms with van der Waals surface area (Å²) in [5.74, 6) is -0.110. The number of imidazole rings is 1. The number of thiocarbonyl (C=S) groups is 1. The maximum Gasteiger partial charge on any atom is 0.226 e. The summed E-state index contributed by atoms with van der Waals surface area (Å²) in [6.07, 6.45) is 3.59. The van der Waals surface area contributed by atoms with Crippen molar-refractivity contribution in [3.05, 3.63) is 87.4 Å². The van der Waals surface area contributed by atoms with Gasteiger partial charge in [-0.25, -0.2) is 4.98 Å². The molecular formula is C25H26Cl2N6OS. The first-order valence-corrected chi connectivity index (χ1v) is 12.3. The number of amides is 1. The smallest absolute Gasteiger partial charge is 0.226 e. The second kappa shape index (κ2) is 13.1. The molecule has 0 unspecified atom stereocenters. The van der Waals surface area contributed by atoms with Crippen LogP contribution in [0.4, 0.5) is 0 Å². The van der Waals surface area contributed by atoms with E-state index >= 15 is 0 Å². The molecule has 2 N–H and O–H groups in total. The van der Waals surface area contributed by atoms with Gasteiger partial charge in [-0.05, 0) is 48.5 Å². The summed E-state index contributed by atoms with van der Waals surface area (Å²) < 4.78 is 1.93. The molecule has 182 valence electrons. The minimum atomic E-state index is -0.110. The number of nitrogens with one attached hydrogen (secondary N) is 2. The normalized spacial score (nSPS) is 10.5. The Morgan fingerprint density at radius 3 is 2.69 bits per heavy atom. The molecule has 0 aliphatic heterocycles. The Morgan fingerprint density at radius 2 is 1.97 bits per heavy atom. The minimum Gasteiger partial charge on any atom is -0.363 e. The number of hydrogen-bond donors (Lipinski definition) is 2. The van der Waals surface area contributed by atoms with Crippen LogP contribution in [0.25, 0.3) is 0 Å². The fraction of sp³-hybridized carbons (Fsp3) is 0.280. The maximum absolute atomic E-state index is 12.6. The van der Waals surface area contributed by atoms with Crippen molar-refractivity contribution in [1.82, 2.24) is 25.1 Å². The van der Waals surface area contributed by atoms with Gasteiger partial charge in [0, 0.05) is 44.6 Å². The Hall–Kier alpha value is -3.12. The summed E-state index contributed by atoms with van der Waals surface area (Å²) in [6.45, 7) is 4.61. The molecule has 1 aromatic heterocycles. The van der Waals surface area contributed by atoms with Crippen LogP contribution in [0.5, 0.6) is 0 Å². The van der Waals surface area contributed by atoms with Crippen molar-refractivity contribution in [2.24, 2.45) is 0 Å². The number of hydrogen-bond acceptors (Lipinski definition) is 4. The molecular weight excluding hydrogens is 503 g/mol. The third-order valence-electron chi connectivity index (χ3n) is 5.29. The van der Waals surface area contributed by atoms with Crippen LogP contribution in [0.1, 0.15) is 29.3 Å². The second-order valence-electron chi connectivity index (χ2n) is 7.82. The summed E-state index contributed by atoms with van der Waals surface area (Å²) in [7, 11) is 0. The number of halogens is 2. The fourth-order valence-electron chi connectivity index (χ4n) is 3.47. The van der Waals surface area contributed by atoms with Crippen LogP contribution in [0.15, 0.2) is 55.0 Å². The highest BCUT2D eigenvalue weighted by atomic mass is 35.5. The topological polar surface area (TPSA) is 86.0 Å². The zero-order chi connectivity index (χ0) is 25.2. The number of nitriles is 1. The standard InChI is InChI=1S/C25H26Cl2N6OS/c1-2-30-25(35)32(16-20-4-3-5-22(26)24(20)27)11-10-31-23(34)12-21-14-29-17-33(21)15-19-8-6-18(13-28)7-9-19/h3-9,14,17H,2,10-12,15-16H2,1H3,(H,30,35)(H,31,34). The van der Waals surface area contributed by atoms with E-state index in [2.05, 4.69) is 21.7 Å². The summed E-state index contributed by atoms with van der Waals surface area (Å²) in [4.78, 5) is 18.8. The minimum absolute atomic E-state index is 0.110. The fourth-order valence-corrected chi connectivity index (χ4v) is 4.15. The number of benzene rings is 2. The number of carbonyl (C=O) groups excluding carboxylic acids is 1. The average Bonchev–Trinajstić information content (AvgIpc) is 3.28. The molecule has 0 radical (unpaired) electrons. The van der Waals surface area contributed by atoms with Gasteiger partial charge < -0.3 is 20.1 Å². The Labute approximate surface area is 220 Å². The van der Waals surface area contributed by atoms with Crippen molar-refractivity contribution in [1.29, 1.82) is 5.26 Å². The monoisotopic (exact) mass is 528 g/mol. The van der Waals surface area contributed by atoms with Crippen molar-refractivity contribution in [3.63, 3.8) is 0 Å². The summed E-state index contributed by atoms with van der Waals surface area (Å²) >= 11 is 18.0. The Bertz CT molecular complexity index is 1210. The highest BCUT2D eigenvalue weighted by Crippen LogP contribution is 2.26. The van der Waals surface area contributed by atoms with E-state index in [4.69, 9.17) is 40.7 Å². The van der Waals surface area contributed by atoms with Crippen molar-refractivity contribution in [2.75, 3.05) is 19.6 Å². The van der Waals surface area contributed by atoms with Gasteiger partial charge in [-0.3, -0.25) is 4.79 Å². The lowest BCUT2D eigenvalue weighted by atomic mass is 10.1. The van der Waals surface area contributed by atoms with Gasteiger partial charge in [0.15, 0.2) is 5.11 Å². The second-order valence-corrected chi connectivity index (χ2v) is 8.99. The molecule has 0 fully saturated rings. The van der Waals surface area contributed by atoms with Crippen LogP contribution in [0, 0.1) is 11.3 Å². The van der Waals surface area contributed by atoms with Crippen molar-refractivity contribution < 1.29 is 4.79 Å². The van der Waals surface area contributed by atoms with Gasteiger partial charge in [-0.1, -0.05) is 47.5 Å². The van der Waals surface area contributed by atoms with E-state index < -0.39 is 0 Å². The lowest BCUT2D eigenvalue weighted by molar-refractivity contribution is -0.120. The predicted molar refractivity (Wildman–Crippen MR) is 142 cm³/mol. The van der Waals surface area contributed by atoms with Crippen LogP contribution in [-0.2, 0) is 24.3 Å². The molecule has 35 heavy (non-hydrogen) atoms. The molecule has 7 nitrogen and oxygen atoms in total. The lowest BCUT2D eigenvalue weighted by Crippen LogP contribution is -2.43. The van der Waals surface area contributed by atoms with E-state index in [1.807, 2.05) is 40.7 Å². The first kappa shape index (κ1) is 26.5. The molecule has 0 spiro atoms. The molecule has 3 rings (SSSR count). The van der Waals surface area contributed by atoms with Crippen LogP contribution in [0.3, 0.4) is 0 Å². The van der Waals surface area contributed by atoms with E-state index in [0.29, 0.717) is 53.4 Å². The molecule has 1 heterocycles. The van der Waals surface area contributed by atoms with Gasteiger partial charge in [0.05, 0.1) is 34.4 Å². The van der Waals surface area contributed by atoms with E-state index in [0.717, 1.165) is 16.8 Å². The first-order valence-electron chi connectivity index (χ1n) is 11.1. The van der Waals surface area contributed by atoms with Crippen molar-refractivity contribution in [2.45, 2.75) is 26.4 Å². The first-order chi connectivity index (χ1) is 16.9. The molecule has 0 aliphatic carbocycles. The molecule has 0 saturated heterocycles. The Balaban J connectivity index is 1.56.